The first-order valence-corrected chi connectivity index (χ1v) is 12.2. The van der Waals surface area contributed by atoms with Crippen molar-refractivity contribution in [1.82, 2.24) is 10.6 Å². The molecule has 0 heterocycles. The second kappa shape index (κ2) is 12.7. The van der Waals surface area contributed by atoms with Crippen LogP contribution in [0.3, 0.4) is 0 Å². The second-order valence-electron chi connectivity index (χ2n) is 9.54. The molecule has 0 aliphatic rings. The van der Waals surface area contributed by atoms with Crippen molar-refractivity contribution in [3.05, 3.63) is 89.5 Å². The van der Waals surface area contributed by atoms with Crippen molar-refractivity contribution in [2.45, 2.75) is 39.3 Å². The zero-order valence-corrected chi connectivity index (χ0v) is 21.2. The zero-order valence-electron chi connectivity index (χ0n) is 21.2. The van der Waals surface area contributed by atoms with Crippen molar-refractivity contribution in [1.29, 1.82) is 5.26 Å². The molecule has 0 bridgehead atoms. The average Bonchev–Trinajstić information content (AvgIpc) is 2.86. The summed E-state index contributed by atoms with van der Waals surface area (Å²) in [7, 11) is 4.09. The number of nitrogens with one attached hydrogen (secondary N) is 2. The molecule has 5 nitrogen and oxygen atoms in total. The Morgan fingerprint density at radius 2 is 1.54 bits per heavy atom. The molecule has 35 heavy (non-hydrogen) atoms. The van der Waals surface area contributed by atoms with Crippen molar-refractivity contribution in [3.63, 3.8) is 0 Å². The normalized spacial score (nSPS) is 11.7. The van der Waals surface area contributed by atoms with E-state index in [0.29, 0.717) is 5.92 Å². The Morgan fingerprint density at radius 1 is 0.914 bits per heavy atom. The lowest BCUT2D eigenvalue weighted by Crippen LogP contribution is -2.30. The highest BCUT2D eigenvalue weighted by molar-refractivity contribution is 5.84. The summed E-state index contributed by atoms with van der Waals surface area (Å²) >= 11 is 0. The number of amides is 1. The minimum atomic E-state index is -0.265. The van der Waals surface area contributed by atoms with E-state index >= 15 is 0 Å². The van der Waals surface area contributed by atoms with E-state index in [2.05, 4.69) is 90.0 Å². The van der Waals surface area contributed by atoms with Gasteiger partial charge in [-0.3, -0.25) is 4.79 Å². The molecular formula is C30H36N4O. The van der Waals surface area contributed by atoms with Gasteiger partial charge in [0, 0.05) is 32.9 Å². The average molecular weight is 469 g/mol. The molecule has 3 rings (SSSR count). The Hall–Kier alpha value is -3.62. The Morgan fingerprint density at radius 3 is 2.11 bits per heavy atom. The van der Waals surface area contributed by atoms with E-state index in [9.17, 15) is 4.79 Å². The molecule has 3 aromatic rings. The third kappa shape index (κ3) is 7.70. The molecule has 5 heteroatoms. The Kier molecular flexibility index (Phi) is 9.46. The van der Waals surface area contributed by atoms with Crippen molar-refractivity contribution in [2.24, 2.45) is 5.92 Å². The molecule has 1 amide bonds. The van der Waals surface area contributed by atoms with Crippen molar-refractivity contribution in [3.8, 4) is 17.2 Å². The highest BCUT2D eigenvalue weighted by atomic mass is 16.1. The molecule has 0 aliphatic carbocycles. The number of nitriles is 1. The van der Waals surface area contributed by atoms with Crippen LogP contribution in [0.1, 0.15) is 42.9 Å². The maximum Gasteiger partial charge on any atom is 0.228 e. The summed E-state index contributed by atoms with van der Waals surface area (Å²) in [6.45, 7) is 5.87. The quantitative estimate of drug-likeness (QED) is 0.366. The third-order valence-electron chi connectivity index (χ3n) is 6.05. The predicted octanol–water partition coefficient (Wildman–Crippen LogP) is 5.48. The van der Waals surface area contributed by atoms with Gasteiger partial charge in [-0.05, 0) is 52.3 Å². The topological polar surface area (TPSA) is 68.2 Å². The van der Waals surface area contributed by atoms with E-state index in [-0.39, 0.29) is 18.4 Å². The van der Waals surface area contributed by atoms with Crippen LogP contribution in [-0.4, -0.2) is 26.5 Å². The van der Waals surface area contributed by atoms with Gasteiger partial charge < -0.3 is 15.5 Å². The number of carbonyl (C=O) groups is 1. The fourth-order valence-corrected chi connectivity index (χ4v) is 4.13. The van der Waals surface area contributed by atoms with Crippen molar-refractivity contribution in [2.75, 3.05) is 25.5 Å². The summed E-state index contributed by atoms with van der Waals surface area (Å²) in [6, 6.07) is 27.3. The minimum Gasteiger partial charge on any atom is -0.378 e. The number of rotatable bonds is 11. The summed E-state index contributed by atoms with van der Waals surface area (Å²) in [5.74, 6) is 0.0166. The second-order valence-corrected chi connectivity index (χ2v) is 9.54. The van der Waals surface area contributed by atoms with Gasteiger partial charge in [-0.15, -0.1) is 0 Å². The largest absolute Gasteiger partial charge is 0.378 e. The SMILES string of the molecule is CC(C)C[C@@H](C(=O)NCC#N)c1cccc(-c2ccc(CNCc3ccc(N(C)C)cc3)cc2)c1. The zero-order chi connectivity index (χ0) is 25.2. The number of nitrogens with zero attached hydrogens (tertiary/aromatic N) is 2. The van der Waals surface area contributed by atoms with Gasteiger partial charge in [0.05, 0.1) is 12.0 Å². The molecule has 0 aliphatic heterocycles. The maximum atomic E-state index is 12.7. The number of anilines is 1. The molecule has 0 radical (unpaired) electrons. The van der Waals surface area contributed by atoms with Gasteiger partial charge in [-0.1, -0.05) is 74.5 Å². The lowest BCUT2D eigenvalue weighted by Gasteiger charge is -2.19. The van der Waals surface area contributed by atoms with Crippen LogP contribution < -0.4 is 15.5 Å². The highest BCUT2D eigenvalue weighted by Crippen LogP contribution is 2.29. The van der Waals surface area contributed by atoms with Crippen LogP contribution in [0.2, 0.25) is 0 Å². The molecule has 0 unspecified atom stereocenters. The van der Waals surface area contributed by atoms with Gasteiger partial charge in [-0.25, -0.2) is 0 Å². The summed E-state index contributed by atoms with van der Waals surface area (Å²) in [6.07, 6.45) is 0.739. The molecule has 2 N–H and O–H groups in total. The molecule has 1 atom stereocenters. The molecule has 0 aromatic heterocycles. The van der Waals surface area contributed by atoms with E-state index in [1.165, 1.54) is 16.8 Å². The predicted molar refractivity (Wildman–Crippen MR) is 144 cm³/mol. The Bertz CT molecular complexity index is 1130. The molecular weight excluding hydrogens is 432 g/mol. The highest BCUT2D eigenvalue weighted by Gasteiger charge is 2.22. The van der Waals surface area contributed by atoms with E-state index < -0.39 is 0 Å². The first-order valence-electron chi connectivity index (χ1n) is 12.2. The Labute approximate surface area is 209 Å². The molecule has 0 fully saturated rings. The number of hydrogen-bond donors (Lipinski definition) is 2. The van der Waals surface area contributed by atoms with Gasteiger partial charge in [-0.2, -0.15) is 5.26 Å². The van der Waals surface area contributed by atoms with Crippen LogP contribution in [-0.2, 0) is 17.9 Å². The van der Waals surface area contributed by atoms with Gasteiger partial charge in [0.1, 0.15) is 6.54 Å². The van der Waals surface area contributed by atoms with Crippen LogP contribution in [0.15, 0.2) is 72.8 Å². The Balaban J connectivity index is 1.64. The monoisotopic (exact) mass is 468 g/mol. The van der Waals surface area contributed by atoms with E-state index in [1.807, 2.05) is 32.3 Å². The van der Waals surface area contributed by atoms with Crippen LogP contribution in [0.25, 0.3) is 11.1 Å². The molecule has 0 saturated heterocycles. The first kappa shape index (κ1) is 26.0. The van der Waals surface area contributed by atoms with Crippen molar-refractivity contribution >= 4 is 11.6 Å². The first-order chi connectivity index (χ1) is 16.9. The van der Waals surface area contributed by atoms with E-state index in [1.54, 1.807) is 0 Å². The lowest BCUT2D eigenvalue weighted by molar-refractivity contribution is -0.122. The van der Waals surface area contributed by atoms with Gasteiger partial charge in [0.2, 0.25) is 5.91 Å². The van der Waals surface area contributed by atoms with Crippen LogP contribution in [0.4, 0.5) is 5.69 Å². The third-order valence-corrected chi connectivity index (χ3v) is 6.05. The molecule has 182 valence electrons. The van der Waals surface area contributed by atoms with E-state index in [4.69, 9.17) is 5.26 Å². The number of carbonyl (C=O) groups excluding carboxylic acids is 1. The fraction of sp³-hybridized carbons (Fsp3) is 0.333. The van der Waals surface area contributed by atoms with Crippen LogP contribution in [0.5, 0.6) is 0 Å². The lowest BCUT2D eigenvalue weighted by atomic mass is 9.88. The van der Waals surface area contributed by atoms with E-state index in [0.717, 1.165) is 36.2 Å². The number of benzene rings is 3. The summed E-state index contributed by atoms with van der Waals surface area (Å²) in [5.41, 5.74) is 6.88. The van der Waals surface area contributed by atoms with Crippen molar-refractivity contribution < 1.29 is 4.79 Å². The molecule has 0 spiro atoms. The summed E-state index contributed by atoms with van der Waals surface area (Å²) in [4.78, 5) is 14.8. The maximum absolute atomic E-state index is 12.7. The van der Waals surface area contributed by atoms with Crippen LogP contribution >= 0.6 is 0 Å². The summed E-state index contributed by atoms with van der Waals surface area (Å²) < 4.78 is 0. The molecule has 3 aromatic carbocycles. The summed E-state index contributed by atoms with van der Waals surface area (Å²) in [5, 5.41) is 15.1. The van der Waals surface area contributed by atoms with Gasteiger partial charge in [0.15, 0.2) is 0 Å². The fourth-order valence-electron chi connectivity index (χ4n) is 4.13. The molecule has 0 saturated carbocycles. The standard InChI is InChI=1S/C30H36N4O/c1-22(2)18-29(30(35)33-17-16-31)27-7-5-6-26(19-27)25-12-8-23(9-13-25)20-32-21-24-10-14-28(15-11-24)34(3)4/h5-15,19,22,29,32H,17-18,20-21H2,1-4H3,(H,33,35)/t29-/m1/s1. The minimum absolute atomic E-state index is 0.0318. The number of hydrogen-bond acceptors (Lipinski definition) is 4. The smallest absolute Gasteiger partial charge is 0.228 e. The van der Waals surface area contributed by atoms with Crippen LogP contribution in [0, 0.1) is 17.2 Å². The van der Waals surface area contributed by atoms with Gasteiger partial charge in [0.25, 0.3) is 0 Å². The van der Waals surface area contributed by atoms with Gasteiger partial charge >= 0.3 is 0 Å².